The molecule has 0 unspecified atom stereocenters. The van der Waals surface area contributed by atoms with Crippen molar-refractivity contribution in [2.45, 2.75) is 0 Å². The van der Waals surface area contributed by atoms with Crippen LogP contribution in [0.15, 0.2) is 126 Å². The van der Waals surface area contributed by atoms with Crippen LogP contribution in [0.5, 0.6) is 0 Å². The Hall–Kier alpha value is -4.86. The van der Waals surface area contributed by atoms with Gasteiger partial charge in [0.25, 0.3) is 0 Å². The number of nitrogens with zero attached hydrogens (tertiary/aromatic N) is 4. The number of para-hydroxylation sites is 3. The predicted molar refractivity (Wildman–Crippen MR) is 158 cm³/mol. The monoisotopic (exact) mass is 707 g/mol. The van der Waals surface area contributed by atoms with Crippen LogP contribution >= 0.6 is 0 Å². The fraction of sp³-hybridized carbons (Fsp3) is 0. The van der Waals surface area contributed by atoms with Gasteiger partial charge in [0, 0.05) is 23.6 Å². The summed E-state index contributed by atoms with van der Waals surface area (Å²) in [5.74, 6) is 0.506. The van der Waals surface area contributed by atoms with E-state index in [9.17, 15) is 0 Å². The molecule has 196 valence electrons. The van der Waals surface area contributed by atoms with Crippen LogP contribution < -0.4 is 0 Å². The van der Waals surface area contributed by atoms with E-state index in [-0.39, 0.29) is 21.1 Å². The first-order chi connectivity index (χ1) is 19.8. The Balaban J connectivity index is 0.00000276. The smallest absolute Gasteiger partial charge is 0.481 e. The first-order valence-corrected chi connectivity index (χ1v) is 13.0. The molecule has 4 aromatic carbocycles. The van der Waals surface area contributed by atoms with Crippen molar-refractivity contribution in [3.8, 4) is 39.7 Å². The van der Waals surface area contributed by atoms with Crippen LogP contribution in [0.3, 0.4) is 0 Å². The predicted octanol–water partition coefficient (Wildman–Crippen LogP) is 8.31. The molecule has 4 aromatic heterocycles. The molecular formula is C35H20N4OPt. The number of oxazole rings is 1. The van der Waals surface area contributed by atoms with Gasteiger partial charge >= 0.3 is 21.1 Å². The van der Waals surface area contributed by atoms with E-state index in [1.54, 1.807) is 12.4 Å². The van der Waals surface area contributed by atoms with Crippen LogP contribution in [0.25, 0.3) is 72.6 Å². The molecule has 8 rings (SSSR count). The number of benzene rings is 4. The summed E-state index contributed by atoms with van der Waals surface area (Å²) in [4.78, 5) is 14.1. The van der Waals surface area contributed by atoms with Gasteiger partial charge in [-0.3, -0.25) is 9.97 Å². The van der Waals surface area contributed by atoms with Crippen molar-refractivity contribution in [1.29, 1.82) is 0 Å². The molecular weight excluding hydrogens is 687 g/mol. The van der Waals surface area contributed by atoms with Crippen LogP contribution in [0.4, 0.5) is 0 Å². The van der Waals surface area contributed by atoms with Crippen molar-refractivity contribution in [3.63, 3.8) is 0 Å². The van der Waals surface area contributed by atoms with Crippen LogP contribution in [0, 0.1) is 12.1 Å². The molecule has 0 atom stereocenters. The second-order valence-corrected chi connectivity index (χ2v) is 9.54. The third-order valence-electron chi connectivity index (χ3n) is 7.13. The molecule has 41 heavy (non-hydrogen) atoms. The SMILES string of the molecule is [Pt+2].[c-]1c(-c2ccccn2)cccc1-n1c2[c-]c(-c3nc4ccccc4o3)c(-c3ccccn3)cc2c2ccccc21. The summed E-state index contributed by atoms with van der Waals surface area (Å²) in [6.07, 6.45) is 3.60. The Labute approximate surface area is 250 Å². The fourth-order valence-corrected chi connectivity index (χ4v) is 5.32. The van der Waals surface area contributed by atoms with Crippen molar-refractivity contribution in [1.82, 2.24) is 19.5 Å². The summed E-state index contributed by atoms with van der Waals surface area (Å²) >= 11 is 0. The van der Waals surface area contributed by atoms with Gasteiger partial charge in [-0.1, -0.05) is 65.0 Å². The van der Waals surface area contributed by atoms with E-state index in [2.05, 4.69) is 63.1 Å². The summed E-state index contributed by atoms with van der Waals surface area (Å²) in [6, 6.07) is 43.7. The number of hydrogen-bond acceptors (Lipinski definition) is 4. The topological polar surface area (TPSA) is 56.7 Å². The molecule has 0 radical (unpaired) electrons. The van der Waals surface area contributed by atoms with E-state index in [0.29, 0.717) is 5.89 Å². The standard InChI is InChI=1S/C35H20N4O.Pt/c1-3-16-32-25(12-1)27-21-26(30-14-6-8-19-37-30)28(35-38-31-15-2-4-17-34(31)40-35)22-33(27)39(32)24-11-9-10-23(20-24)29-13-5-7-18-36-29;/h1-19,21H;/q-2;+2. The molecule has 0 fully saturated rings. The summed E-state index contributed by atoms with van der Waals surface area (Å²) in [5, 5.41) is 2.18. The molecule has 0 aliphatic heterocycles. The van der Waals surface area contributed by atoms with E-state index in [4.69, 9.17) is 9.40 Å². The molecule has 5 nitrogen and oxygen atoms in total. The minimum absolute atomic E-state index is 0. The maximum atomic E-state index is 6.27. The van der Waals surface area contributed by atoms with E-state index >= 15 is 0 Å². The number of rotatable bonds is 4. The molecule has 0 aliphatic carbocycles. The first-order valence-electron chi connectivity index (χ1n) is 13.0. The summed E-state index contributed by atoms with van der Waals surface area (Å²) in [6.45, 7) is 0. The van der Waals surface area contributed by atoms with E-state index in [0.717, 1.165) is 66.7 Å². The van der Waals surface area contributed by atoms with Crippen LogP contribution in [-0.4, -0.2) is 19.5 Å². The Kier molecular flexibility index (Phi) is 6.30. The zero-order chi connectivity index (χ0) is 26.5. The summed E-state index contributed by atoms with van der Waals surface area (Å²) < 4.78 is 8.47. The molecule has 0 spiro atoms. The normalized spacial score (nSPS) is 11.2. The minimum atomic E-state index is 0. The molecule has 8 aromatic rings. The molecule has 0 aliphatic rings. The van der Waals surface area contributed by atoms with Crippen molar-refractivity contribution in [3.05, 3.63) is 134 Å². The van der Waals surface area contributed by atoms with E-state index < -0.39 is 0 Å². The van der Waals surface area contributed by atoms with Crippen molar-refractivity contribution in [2.24, 2.45) is 0 Å². The Bertz CT molecular complexity index is 2140. The second-order valence-electron chi connectivity index (χ2n) is 9.54. The van der Waals surface area contributed by atoms with Crippen LogP contribution in [0.2, 0.25) is 0 Å². The molecule has 0 amide bonds. The minimum Gasteiger partial charge on any atom is -0.481 e. The van der Waals surface area contributed by atoms with Crippen molar-refractivity contribution < 1.29 is 25.5 Å². The maximum absolute atomic E-state index is 6.27. The molecule has 4 heterocycles. The van der Waals surface area contributed by atoms with Crippen LogP contribution in [0.1, 0.15) is 0 Å². The van der Waals surface area contributed by atoms with Gasteiger partial charge in [0.05, 0.1) is 5.52 Å². The Morgan fingerprint density at radius 1 is 0.659 bits per heavy atom. The van der Waals surface area contributed by atoms with Gasteiger partial charge in [-0.25, -0.2) is 0 Å². The molecule has 0 bridgehead atoms. The fourth-order valence-electron chi connectivity index (χ4n) is 5.32. The molecule has 0 saturated carbocycles. The van der Waals surface area contributed by atoms with Crippen molar-refractivity contribution in [2.75, 3.05) is 0 Å². The van der Waals surface area contributed by atoms with Gasteiger partial charge in [0.15, 0.2) is 0 Å². The zero-order valence-electron chi connectivity index (χ0n) is 21.6. The zero-order valence-corrected chi connectivity index (χ0v) is 23.8. The van der Waals surface area contributed by atoms with Crippen molar-refractivity contribution >= 4 is 32.9 Å². The third kappa shape index (κ3) is 4.26. The third-order valence-corrected chi connectivity index (χ3v) is 7.13. The van der Waals surface area contributed by atoms with Gasteiger partial charge in [0.2, 0.25) is 0 Å². The number of pyridine rings is 2. The second kappa shape index (κ2) is 10.3. The largest absolute Gasteiger partial charge is 2.00 e. The van der Waals surface area contributed by atoms with Gasteiger partial charge < -0.3 is 14.0 Å². The Morgan fingerprint density at radius 3 is 2.22 bits per heavy atom. The quantitative estimate of drug-likeness (QED) is 0.173. The van der Waals surface area contributed by atoms with Gasteiger partial charge in [0.1, 0.15) is 11.5 Å². The Morgan fingerprint density at radius 2 is 1.41 bits per heavy atom. The number of hydrogen-bond donors (Lipinski definition) is 0. The number of aromatic nitrogens is 4. The first kappa shape index (κ1) is 25.1. The molecule has 6 heteroatoms. The average Bonchev–Trinajstić information content (AvgIpc) is 3.60. The van der Waals surface area contributed by atoms with Gasteiger partial charge in [-0.05, 0) is 58.7 Å². The van der Waals surface area contributed by atoms with Gasteiger partial charge in [-0.15, -0.1) is 42.0 Å². The number of fused-ring (bicyclic) bond motifs is 4. The summed E-state index contributed by atoms with van der Waals surface area (Å²) in [5.41, 5.74) is 8.70. The van der Waals surface area contributed by atoms with E-state index in [1.165, 1.54) is 0 Å². The maximum Gasteiger partial charge on any atom is 2.00 e. The summed E-state index contributed by atoms with van der Waals surface area (Å²) in [7, 11) is 0. The van der Waals surface area contributed by atoms with Gasteiger partial charge in [-0.2, -0.15) is 0 Å². The average molecular weight is 708 g/mol. The van der Waals surface area contributed by atoms with E-state index in [1.807, 2.05) is 72.8 Å². The van der Waals surface area contributed by atoms with Crippen LogP contribution in [-0.2, 0) is 21.1 Å². The molecule has 0 N–H and O–H groups in total. The molecule has 0 saturated heterocycles.